The molecule has 2 aromatic rings. The van der Waals surface area contributed by atoms with Crippen LogP contribution in [0.5, 0.6) is 0 Å². The number of rotatable bonds is 12. The Balaban J connectivity index is 2.21. The van der Waals surface area contributed by atoms with Gasteiger partial charge in [0.15, 0.2) is 0 Å². The first-order valence-corrected chi connectivity index (χ1v) is 14.1. The van der Waals surface area contributed by atoms with Crippen LogP contribution in [0.1, 0.15) is 39.2 Å². The molecular weight excluding hydrogens is 528 g/mol. The van der Waals surface area contributed by atoms with E-state index < -0.39 is 21.9 Å². The van der Waals surface area contributed by atoms with Gasteiger partial charge in [-0.2, -0.15) is 0 Å². The molecule has 0 aromatic heterocycles. The van der Waals surface area contributed by atoms with E-state index in [1.54, 1.807) is 25.1 Å². The molecule has 1 atom stereocenters. The zero-order valence-electron chi connectivity index (χ0n) is 20.8. The zero-order chi connectivity index (χ0) is 27.0. The Hall–Kier alpha value is -2.36. The van der Waals surface area contributed by atoms with Gasteiger partial charge in [-0.25, -0.2) is 12.8 Å². The average molecular weight is 561 g/mol. The van der Waals surface area contributed by atoms with Crippen LogP contribution < -0.4 is 9.62 Å². The third-order valence-corrected chi connectivity index (χ3v) is 7.25. The first kappa shape index (κ1) is 29.9. The second kappa shape index (κ2) is 13.3. The van der Waals surface area contributed by atoms with E-state index in [1.807, 2.05) is 13.8 Å². The summed E-state index contributed by atoms with van der Waals surface area (Å²) in [5.74, 6) is -1.12. The molecule has 198 valence electrons. The van der Waals surface area contributed by atoms with Crippen LogP contribution >= 0.6 is 23.2 Å². The van der Waals surface area contributed by atoms with Crippen LogP contribution in [-0.4, -0.2) is 50.5 Å². The lowest BCUT2D eigenvalue weighted by atomic mass is 10.1. The van der Waals surface area contributed by atoms with E-state index >= 15 is 0 Å². The lowest BCUT2D eigenvalue weighted by Gasteiger charge is -2.30. The van der Waals surface area contributed by atoms with Crippen molar-refractivity contribution in [3.05, 3.63) is 63.9 Å². The van der Waals surface area contributed by atoms with E-state index in [0.717, 1.165) is 10.6 Å². The van der Waals surface area contributed by atoms with Gasteiger partial charge < -0.3 is 10.2 Å². The molecule has 2 aromatic carbocycles. The quantitative estimate of drug-likeness (QED) is 0.402. The SMILES string of the molecule is CC(C)CNC(=O)[C@H](C)N(Cc1ccc(Cl)cc1Cl)C(=O)CCCN(c1ccccc1F)S(C)(=O)=O. The fourth-order valence-corrected chi connectivity index (χ4v) is 4.94. The third kappa shape index (κ3) is 8.64. The first-order valence-electron chi connectivity index (χ1n) is 11.5. The van der Waals surface area contributed by atoms with Gasteiger partial charge in [0.25, 0.3) is 0 Å². The molecule has 0 spiro atoms. The Morgan fingerprint density at radius 2 is 1.75 bits per heavy atom. The van der Waals surface area contributed by atoms with Crippen molar-refractivity contribution in [1.82, 2.24) is 10.2 Å². The van der Waals surface area contributed by atoms with E-state index in [0.29, 0.717) is 22.2 Å². The van der Waals surface area contributed by atoms with Crippen molar-refractivity contribution < 1.29 is 22.4 Å². The molecule has 2 rings (SSSR count). The summed E-state index contributed by atoms with van der Waals surface area (Å²) in [4.78, 5) is 27.5. The second-order valence-electron chi connectivity index (χ2n) is 8.96. The number of sulfonamides is 1. The Labute approximate surface area is 222 Å². The van der Waals surface area contributed by atoms with Crippen LogP contribution in [0.3, 0.4) is 0 Å². The number of anilines is 1. The summed E-state index contributed by atoms with van der Waals surface area (Å²) < 4.78 is 39.8. The topological polar surface area (TPSA) is 86.8 Å². The van der Waals surface area contributed by atoms with Gasteiger partial charge in [0, 0.05) is 36.1 Å². The minimum atomic E-state index is -3.79. The molecule has 2 amide bonds. The lowest BCUT2D eigenvalue weighted by Crippen LogP contribution is -2.48. The lowest BCUT2D eigenvalue weighted by molar-refractivity contribution is -0.140. The number of hydrogen-bond acceptors (Lipinski definition) is 4. The van der Waals surface area contributed by atoms with Crippen molar-refractivity contribution in [3.63, 3.8) is 0 Å². The van der Waals surface area contributed by atoms with Crippen molar-refractivity contribution >= 4 is 50.7 Å². The molecule has 7 nitrogen and oxygen atoms in total. The standard InChI is InChI=1S/C25H32Cl2FN3O4S/c1-17(2)15-29-25(33)18(3)30(16-19-11-12-20(26)14-21(19)27)24(32)10-7-13-31(36(4,34)35)23-9-6-5-8-22(23)28/h5-6,8-9,11-12,14,17-18H,7,10,13,15-16H2,1-4H3,(H,29,33)/t18-/m0/s1. The van der Waals surface area contributed by atoms with E-state index in [9.17, 15) is 22.4 Å². The highest BCUT2D eigenvalue weighted by atomic mass is 35.5. The molecule has 11 heteroatoms. The maximum absolute atomic E-state index is 14.3. The van der Waals surface area contributed by atoms with Crippen LogP contribution in [0.15, 0.2) is 42.5 Å². The van der Waals surface area contributed by atoms with E-state index in [2.05, 4.69) is 5.32 Å². The number of para-hydroxylation sites is 1. The molecule has 0 aliphatic carbocycles. The smallest absolute Gasteiger partial charge is 0.242 e. The molecule has 0 aliphatic rings. The second-order valence-corrected chi connectivity index (χ2v) is 11.7. The number of nitrogens with one attached hydrogen (secondary N) is 1. The molecule has 0 aliphatic heterocycles. The highest BCUT2D eigenvalue weighted by Gasteiger charge is 2.27. The van der Waals surface area contributed by atoms with Gasteiger partial charge >= 0.3 is 0 Å². The minimum absolute atomic E-state index is 0.0620. The molecule has 0 heterocycles. The maximum Gasteiger partial charge on any atom is 0.242 e. The van der Waals surface area contributed by atoms with Crippen LogP contribution in [0.25, 0.3) is 0 Å². The van der Waals surface area contributed by atoms with E-state index in [-0.39, 0.29) is 49.4 Å². The molecule has 0 bridgehead atoms. The molecule has 0 saturated carbocycles. The zero-order valence-corrected chi connectivity index (χ0v) is 23.1. The van der Waals surface area contributed by atoms with Crippen LogP contribution in [-0.2, 0) is 26.2 Å². The van der Waals surface area contributed by atoms with Gasteiger partial charge in [-0.05, 0) is 49.1 Å². The number of amides is 2. The number of halogens is 3. The maximum atomic E-state index is 14.3. The van der Waals surface area contributed by atoms with E-state index in [4.69, 9.17) is 23.2 Å². The molecule has 0 unspecified atom stereocenters. The highest BCUT2D eigenvalue weighted by molar-refractivity contribution is 7.92. The normalized spacial score (nSPS) is 12.3. The molecular formula is C25H32Cl2FN3O4S. The number of carbonyl (C=O) groups excluding carboxylic acids is 2. The van der Waals surface area contributed by atoms with Crippen molar-refractivity contribution in [1.29, 1.82) is 0 Å². The van der Waals surface area contributed by atoms with Crippen molar-refractivity contribution in [2.45, 2.75) is 46.2 Å². The summed E-state index contributed by atoms with van der Waals surface area (Å²) in [6.07, 6.45) is 1.04. The summed E-state index contributed by atoms with van der Waals surface area (Å²) in [6, 6.07) is 9.64. The highest BCUT2D eigenvalue weighted by Crippen LogP contribution is 2.25. The molecule has 0 radical (unpaired) electrons. The summed E-state index contributed by atoms with van der Waals surface area (Å²) in [7, 11) is -3.79. The van der Waals surface area contributed by atoms with Gasteiger partial charge in [-0.15, -0.1) is 0 Å². The number of carbonyl (C=O) groups is 2. The fourth-order valence-electron chi connectivity index (χ4n) is 3.50. The first-order chi connectivity index (χ1) is 16.8. The number of hydrogen-bond donors (Lipinski definition) is 1. The van der Waals surface area contributed by atoms with Crippen molar-refractivity contribution in [2.24, 2.45) is 5.92 Å². The monoisotopic (exact) mass is 559 g/mol. The van der Waals surface area contributed by atoms with Gasteiger partial charge in [-0.1, -0.05) is 55.2 Å². The Kier molecular flexibility index (Phi) is 11.0. The fraction of sp³-hybridized carbons (Fsp3) is 0.440. The summed E-state index contributed by atoms with van der Waals surface area (Å²) >= 11 is 12.3. The molecule has 0 fully saturated rings. The molecule has 1 N–H and O–H groups in total. The van der Waals surface area contributed by atoms with Crippen molar-refractivity contribution in [3.8, 4) is 0 Å². The summed E-state index contributed by atoms with van der Waals surface area (Å²) in [6.45, 7) is 5.97. The summed E-state index contributed by atoms with van der Waals surface area (Å²) in [5, 5.41) is 3.63. The number of benzene rings is 2. The number of nitrogens with zero attached hydrogens (tertiary/aromatic N) is 2. The summed E-state index contributed by atoms with van der Waals surface area (Å²) in [5.41, 5.74) is 0.528. The predicted molar refractivity (Wildman–Crippen MR) is 142 cm³/mol. The minimum Gasteiger partial charge on any atom is -0.354 e. The molecule has 0 saturated heterocycles. The molecule has 36 heavy (non-hydrogen) atoms. The van der Waals surface area contributed by atoms with Gasteiger partial charge in [0.05, 0.1) is 11.9 Å². The van der Waals surface area contributed by atoms with Crippen LogP contribution in [0.2, 0.25) is 10.0 Å². The Morgan fingerprint density at radius 1 is 1.08 bits per heavy atom. The Bertz CT molecular complexity index is 1180. The van der Waals surface area contributed by atoms with E-state index in [1.165, 1.54) is 29.2 Å². The Morgan fingerprint density at radius 3 is 2.33 bits per heavy atom. The van der Waals surface area contributed by atoms with Crippen LogP contribution in [0, 0.1) is 11.7 Å². The van der Waals surface area contributed by atoms with Crippen molar-refractivity contribution in [2.75, 3.05) is 23.7 Å². The third-order valence-electron chi connectivity index (χ3n) is 5.48. The van der Waals surface area contributed by atoms with Crippen LogP contribution in [0.4, 0.5) is 10.1 Å². The van der Waals surface area contributed by atoms with Gasteiger partial charge in [0.1, 0.15) is 11.9 Å². The van der Waals surface area contributed by atoms with Gasteiger partial charge in [-0.3, -0.25) is 13.9 Å². The average Bonchev–Trinajstić information content (AvgIpc) is 2.79. The largest absolute Gasteiger partial charge is 0.354 e. The predicted octanol–water partition coefficient (Wildman–Crippen LogP) is 4.87. The van der Waals surface area contributed by atoms with Gasteiger partial charge in [0.2, 0.25) is 21.8 Å².